The Kier molecular flexibility index (Phi) is 2.77. The van der Waals surface area contributed by atoms with Gasteiger partial charge in [0.15, 0.2) is 0 Å². The van der Waals surface area contributed by atoms with Gasteiger partial charge in [-0.2, -0.15) is 0 Å². The van der Waals surface area contributed by atoms with Crippen LogP contribution in [-0.2, 0) is 15.0 Å². The SMILES string of the molecule is CN1C(=O)CC2(c3ccccc3)CCCC=C2C1=O. The van der Waals surface area contributed by atoms with Crippen LogP contribution in [0.5, 0.6) is 0 Å². The number of likely N-dealkylation sites (tertiary alicyclic amines) is 1. The lowest BCUT2D eigenvalue weighted by molar-refractivity contribution is -0.145. The van der Waals surface area contributed by atoms with Crippen LogP contribution in [0.2, 0.25) is 0 Å². The van der Waals surface area contributed by atoms with Crippen LogP contribution in [0.4, 0.5) is 0 Å². The summed E-state index contributed by atoms with van der Waals surface area (Å²) in [6.45, 7) is 0. The number of imide groups is 1. The van der Waals surface area contributed by atoms with Crippen molar-refractivity contribution in [2.75, 3.05) is 7.05 Å². The molecule has 1 atom stereocenters. The molecule has 2 amide bonds. The van der Waals surface area contributed by atoms with E-state index in [9.17, 15) is 9.59 Å². The molecule has 19 heavy (non-hydrogen) atoms. The highest BCUT2D eigenvalue weighted by Gasteiger charge is 2.48. The molecule has 0 aromatic heterocycles. The quantitative estimate of drug-likeness (QED) is 0.723. The third-order valence-electron chi connectivity index (χ3n) is 4.36. The van der Waals surface area contributed by atoms with Gasteiger partial charge in [-0.15, -0.1) is 0 Å². The fourth-order valence-corrected chi connectivity index (χ4v) is 3.29. The highest BCUT2D eigenvalue weighted by molar-refractivity contribution is 6.09. The third kappa shape index (κ3) is 1.72. The molecule has 1 aliphatic heterocycles. The van der Waals surface area contributed by atoms with Gasteiger partial charge >= 0.3 is 0 Å². The Labute approximate surface area is 112 Å². The first-order chi connectivity index (χ1) is 9.15. The smallest absolute Gasteiger partial charge is 0.256 e. The average Bonchev–Trinajstić information content (AvgIpc) is 2.46. The van der Waals surface area contributed by atoms with E-state index in [1.54, 1.807) is 7.05 Å². The minimum atomic E-state index is -0.389. The van der Waals surface area contributed by atoms with Gasteiger partial charge in [0.05, 0.1) is 0 Å². The topological polar surface area (TPSA) is 37.4 Å². The van der Waals surface area contributed by atoms with Crippen molar-refractivity contribution in [2.45, 2.75) is 31.1 Å². The van der Waals surface area contributed by atoms with Crippen molar-refractivity contribution in [3.8, 4) is 0 Å². The fourth-order valence-electron chi connectivity index (χ4n) is 3.29. The Bertz CT molecular complexity index is 561. The largest absolute Gasteiger partial charge is 0.282 e. The van der Waals surface area contributed by atoms with Crippen LogP contribution < -0.4 is 0 Å². The number of carbonyl (C=O) groups is 2. The fraction of sp³-hybridized carbons (Fsp3) is 0.375. The summed E-state index contributed by atoms with van der Waals surface area (Å²) in [6.07, 6.45) is 5.28. The van der Waals surface area contributed by atoms with Crippen LogP contribution >= 0.6 is 0 Å². The maximum absolute atomic E-state index is 12.4. The maximum atomic E-state index is 12.4. The molecule has 0 radical (unpaired) electrons. The van der Waals surface area contributed by atoms with E-state index in [0.29, 0.717) is 6.42 Å². The van der Waals surface area contributed by atoms with Crippen molar-refractivity contribution in [3.05, 3.63) is 47.5 Å². The summed E-state index contributed by atoms with van der Waals surface area (Å²) in [6, 6.07) is 9.98. The number of rotatable bonds is 1. The van der Waals surface area contributed by atoms with Gasteiger partial charge in [-0.1, -0.05) is 36.4 Å². The molecule has 0 saturated carbocycles. The van der Waals surface area contributed by atoms with Crippen LogP contribution in [-0.4, -0.2) is 23.8 Å². The van der Waals surface area contributed by atoms with E-state index in [1.165, 1.54) is 4.90 Å². The molecule has 0 N–H and O–H groups in total. The normalized spacial score (nSPS) is 27.0. The Balaban J connectivity index is 2.16. The third-order valence-corrected chi connectivity index (χ3v) is 4.36. The van der Waals surface area contributed by atoms with Gasteiger partial charge in [0.25, 0.3) is 5.91 Å². The Hall–Kier alpha value is -1.90. The molecule has 1 unspecified atom stereocenters. The Morgan fingerprint density at radius 1 is 1.16 bits per heavy atom. The Morgan fingerprint density at radius 3 is 2.63 bits per heavy atom. The monoisotopic (exact) mass is 255 g/mol. The van der Waals surface area contributed by atoms with E-state index >= 15 is 0 Å². The highest BCUT2D eigenvalue weighted by Crippen LogP contribution is 2.46. The predicted octanol–water partition coefficient (Wildman–Crippen LogP) is 2.42. The molecule has 3 heteroatoms. The van der Waals surface area contributed by atoms with E-state index in [0.717, 1.165) is 30.4 Å². The lowest BCUT2D eigenvalue weighted by Gasteiger charge is -2.43. The molecule has 1 aromatic carbocycles. The number of amides is 2. The minimum Gasteiger partial charge on any atom is -0.282 e. The van der Waals surface area contributed by atoms with Crippen LogP contribution in [0.3, 0.4) is 0 Å². The zero-order valence-corrected chi connectivity index (χ0v) is 11.1. The van der Waals surface area contributed by atoms with Gasteiger partial charge in [0, 0.05) is 24.5 Å². The van der Waals surface area contributed by atoms with Crippen LogP contribution in [0.25, 0.3) is 0 Å². The molecule has 3 nitrogen and oxygen atoms in total. The molecule has 1 fully saturated rings. The summed E-state index contributed by atoms with van der Waals surface area (Å²) in [7, 11) is 1.58. The maximum Gasteiger partial charge on any atom is 0.256 e. The molecule has 0 spiro atoms. The second-order valence-electron chi connectivity index (χ2n) is 5.39. The molecule has 1 aromatic rings. The number of piperidine rings is 1. The van der Waals surface area contributed by atoms with Crippen molar-refractivity contribution < 1.29 is 9.59 Å². The molecule has 1 heterocycles. The van der Waals surface area contributed by atoms with Crippen molar-refractivity contribution in [1.82, 2.24) is 4.90 Å². The van der Waals surface area contributed by atoms with Crippen molar-refractivity contribution >= 4 is 11.8 Å². The number of likely N-dealkylation sites (N-methyl/N-ethyl adjacent to an activating group) is 1. The Morgan fingerprint density at radius 2 is 1.89 bits per heavy atom. The second kappa shape index (κ2) is 4.34. The van der Waals surface area contributed by atoms with Crippen LogP contribution in [0.15, 0.2) is 42.0 Å². The summed E-state index contributed by atoms with van der Waals surface area (Å²) in [5, 5.41) is 0. The van der Waals surface area contributed by atoms with Crippen LogP contribution in [0.1, 0.15) is 31.2 Å². The molecule has 1 saturated heterocycles. The molecule has 98 valence electrons. The first kappa shape index (κ1) is 12.2. The minimum absolute atomic E-state index is 0.0760. The van der Waals surface area contributed by atoms with Crippen molar-refractivity contribution in [2.24, 2.45) is 0 Å². The van der Waals surface area contributed by atoms with Gasteiger partial charge in [-0.05, 0) is 24.8 Å². The van der Waals surface area contributed by atoms with E-state index in [-0.39, 0.29) is 17.2 Å². The standard InChI is InChI=1S/C16H17NO2/c1-17-14(18)11-16(12-7-3-2-4-8-12)10-6-5-9-13(16)15(17)19/h2-4,7-9H,5-6,10-11H2,1H3. The number of benzene rings is 1. The van der Waals surface area contributed by atoms with Gasteiger partial charge in [-0.3, -0.25) is 14.5 Å². The van der Waals surface area contributed by atoms with E-state index in [4.69, 9.17) is 0 Å². The summed E-state index contributed by atoms with van der Waals surface area (Å²) in [5.74, 6) is -0.201. The second-order valence-corrected chi connectivity index (χ2v) is 5.39. The summed E-state index contributed by atoms with van der Waals surface area (Å²) < 4.78 is 0. The number of allylic oxidation sites excluding steroid dienone is 1. The van der Waals surface area contributed by atoms with E-state index in [2.05, 4.69) is 0 Å². The van der Waals surface area contributed by atoms with Crippen molar-refractivity contribution in [3.63, 3.8) is 0 Å². The zero-order valence-electron chi connectivity index (χ0n) is 11.1. The first-order valence-corrected chi connectivity index (χ1v) is 6.72. The molecule has 1 aliphatic carbocycles. The number of nitrogens with zero attached hydrogens (tertiary/aromatic N) is 1. The number of carbonyl (C=O) groups excluding carboxylic acids is 2. The summed E-state index contributed by atoms with van der Waals surface area (Å²) in [5.41, 5.74) is 1.52. The van der Waals surface area contributed by atoms with E-state index in [1.807, 2.05) is 36.4 Å². The highest BCUT2D eigenvalue weighted by atomic mass is 16.2. The van der Waals surface area contributed by atoms with Gasteiger partial charge in [0.2, 0.25) is 5.91 Å². The molecular weight excluding hydrogens is 238 g/mol. The average molecular weight is 255 g/mol. The molecule has 2 aliphatic rings. The summed E-state index contributed by atoms with van der Waals surface area (Å²) in [4.78, 5) is 25.8. The van der Waals surface area contributed by atoms with Crippen LogP contribution in [0, 0.1) is 0 Å². The zero-order chi connectivity index (χ0) is 13.5. The van der Waals surface area contributed by atoms with E-state index < -0.39 is 0 Å². The summed E-state index contributed by atoms with van der Waals surface area (Å²) >= 11 is 0. The van der Waals surface area contributed by atoms with Crippen molar-refractivity contribution in [1.29, 1.82) is 0 Å². The van der Waals surface area contributed by atoms with Gasteiger partial charge < -0.3 is 0 Å². The first-order valence-electron chi connectivity index (χ1n) is 6.72. The number of fused-ring (bicyclic) bond motifs is 1. The number of hydrogen-bond donors (Lipinski definition) is 0. The number of hydrogen-bond acceptors (Lipinski definition) is 2. The molecule has 3 rings (SSSR count). The molecule has 0 bridgehead atoms. The van der Waals surface area contributed by atoms with Gasteiger partial charge in [-0.25, -0.2) is 0 Å². The predicted molar refractivity (Wildman–Crippen MR) is 72.4 cm³/mol. The molecular formula is C16H17NO2. The van der Waals surface area contributed by atoms with Gasteiger partial charge in [0.1, 0.15) is 0 Å². The lowest BCUT2D eigenvalue weighted by atomic mass is 9.63. The lowest BCUT2D eigenvalue weighted by Crippen LogP contribution is -2.50.